The SMILES string of the molecule is CC(C)(C(=O)O)c1cccc(-c2cccc([N+](=O)[O-])c2)c1. The van der Waals surface area contributed by atoms with Crippen molar-refractivity contribution in [2.45, 2.75) is 19.3 Å². The molecule has 0 spiro atoms. The fourth-order valence-corrected chi connectivity index (χ4v) is 2.01. The maximum Gasteiger partial charge on any atom is 0.313 e. The van der Waals surface area contributed by atoms with Crippen molar-refractivity contribution in [3.05, 3.63) is 64.2 Å². The van der Waals surface area contributed by atoms with Crippen molar-refractivity contribution in [2.75, 3.05) is 0 Å². The topological polar surface area (TPSA) is 80.4 Å². The highest BCUT2D eigenvalue weighted by atomic mass is 16.6. The number of hydrogen-bond donors (Lipinski definition) is 1. The van der Waals surface area contributed by atoms with Crippen LogP contribution in [-0.4, -0.2) is 16.0 Å². The van der Waals surface area contributed by atoms with Crippen molar-refractivity contribution in [3.63, 3.8) is 0 Å². The Labute approximate surface area is 122 Å². The first kappa shape index (κ1) is 14.7. The van der Waals surface area contributed by atoms with E-state index in [0.717, 1.165) is 5.56 Å². The monoisotopic (exact) mass is 285 g/mol. The van der Waals surface area contributed by atoms with E-state index < -0.39 is 16.3 Å². The summed E-state index contributed by atoms with van der Waals surface area (Å²) < 4.78 is 0. The molecular formula is C16H15NO4. The molecule has 0 aromatic heterocycles. The van der Waals surface area contributed by atoms with Crippen molar-refractivity contribution in [1.82, 2.24) is 0 Å². The van der Waals surface area contributed by atoms with Gasteiger partial charge in [0.2, 0.25) is 0 Å². The van der Waals surface area contributed by atoms with Gasteiger partial charge < -0.3 is 5.11 Å². The van der Waals surface area contributed by atoms with E-state index in [9.17, 15) is 20.0 Å². The van der Waals surface area contributed by atoms with Crippen molar-refractivity contribution < 1.29 is 14.8 Å². The minimum absolute atomic E-state index is 0.00963. The molecule has 0 radical (unpaired) electrons. The summed E-state index contributed by atoms with van der Waals surface area (Å²) in [4.78, 5) is 21.7. The Morgan fingerprint density at radius 3 is 2.24 bits per heavy atom. The van der Waals surface area contributed by atoms with Crippen LogP contribution in [0.3, 0.4) is 0 Å². The first-order valence-electron chi connectivity index (χ1n) is 6.41. The molecule has 0 saturated heterocycles. The van der Waals surface area contributed by atoms with Gasteiger partial charge in [-0.25, -0.2) is 0 Å². The predicted octanol–water partition coefficient (Wildman–Crippen LogP) is 3.62. The summed E-state index contributed by atoms with van der Waals surface area (Å²) >= 11 is 0. The summed E-state index contributed by atoms with van der Waals surface area (Å²) in [5.41, 5.74) is 1.09. The van der Waals surface area contributed by atoms with E-state index in [1.54, 1.807) is 50.2 Å². The zero-order valence-electron chi connectivity index (χ0n) is 11.7. The zero-order chi connectivity index (χ0) is 15.6. The van der Waals surface area contributed by atoms with Crippen molar-refractivity contribution >= 4 is 11.7 Å². The first-order valence-corrected chi connectivity index (χ1v) is 6.41. The quantitative estimate of drug-likeness (QED) is 0.687. The lowest BCUT2D eigenvalue weighted by Crippen LogP contribution is -2.28. The molecular weight excluding hydrogens is 270 g/mol. The summed E-state index contributed by atoms with van der Waals surface area (Å²) in [6.45, 7) is 3.25. The molecule has 2 aromatic rings. The van der Waals surface area contributed by atoms with Crippen LogP contribution < -0.4 is 0 Å². The van der Waals surface area contributed by atoms with Crippen LogP contribution in [0.5, 0.6) is 0 Å². The molecule has 0 saturated carbocycles. The van der Waals surface area contributed by atoms with Crippen LogP contribution in [0, 0.1) is 10.1 Å². The van der Waals surface area contributed by atoms with Gasteiger partial charge in [-0.15, -0.1) is 0 Å². The Bertz CT molecular complexity index is 707. The third-order valence-electron chi connectivity index (χ3n) is 3.51. The van der Waals surface area contributed by atoms with Gasteiger partial charge in [-0.05, 0) is 30.5 Å². The minimum atomic E-state index is -1.02. The van der Waals surface area contributed by atoms with Gasteiger partial charge in [0, 0.05) is 12.1 Å². The Morgan fingerprint density at radius 1 is 1.10 bits per heavy atom. The number of aliphatic carboxylic acids is 1. The third kappa shape index (κ3) is 2.91. The van der Waals surface area contributed by atoms with E-state index in [1.807, 2.05) is 0 Å². The van der Waals surface area contributed by atoms with Crippen LogP contribution in [0.1, 0.15) is 19.4 Å². The summed E-state index contributed by atoms with van der Waals surface area (Å²) in [6.07, 6.45) is 0. The molecule has 5 heteroatoms. The van der Waals surface area contributed by atoms with E-state index >= 15 is 0 Å². The van der Waals surface area contributed by atoms with Gasteiger partial charge in [-0.1, -0.05) is 36.4 Å². The number of rotatable bonds is 4. The molecule has 0 amide bonds. The number of hydrogen-bond acceptors (Lipinski definition) is 3. The molecule has 0 fully saturated rings. The highest BCUT2D eigenvalue weighted by molar-refractivity contribution is 5.81. The number of non-ortho nitro benzene ring substituents is 1. The molecule has 0 aliphatic carbocycles. The molecule has 0 heterocycles. The smallest absolute Gasteiger partial charge is 0.313 e. The molecule has 1 N–H and O–H groups in total. The number of carboxylic acid groups (broad SMARTS) is 1. The van der Waals surface area contributed by atoms with E-state index in [0.29, 0.717) is 11.1 Å². The molecule has 0 unspecified atom stereocenters. The number of carboxylic acids is 1. The van der Waals surface area contributed by atoms with Gasteiger partial charge in [-0.3, -0.25) is 14.9 Å². The molecule has 2 rings (SSSR count). The standard InChI is InChI=1S/C16H15NO4/c1-16(2,15(18)19)13-7-3-5-11(9-13)12-6-4-8-14(10-12)17(20)21/h3-10H,1-2H3,(H,18,19). The molecule has 2 aromatic carbocycles. The van der Waals surface area contributed by atoms with Gasteiger partial charge in [0.1, 0.15) is 0 Å². The molecule has 0 bridgehead atoms. The number of nitro groups is 1. The fourth-order valence-electron chi connectivity index (χ4n) is 2.01. The van der Waals surface area contributed by atoms with Crippen molar-refractivity contribution in [1.29, 1.82) is 0 Å². The fraction of sp³-hybridized carbons (Fsp3) is 0.188. The first-order chi connectivity index (χ1) is 9.82. The van der Waals surface area contributed by atoms with E-state index in [1.165, 1.54) is 12.1 Å². The van der Waals surface area contributed by atoms with Crippen LogP contribution in [0.25, 0.3) is 11.1 Å². The molecule has 5 nitrogen and oxygen atoms in total. The Balaban J connectivity index is 2.49. The largest absolute Gasteiger partial charge is 0.481 e. The van der Waals surface area contributed by atoms with E-state index in [2.05, 4.69) is 0 Å². The second-order valence-electron chi connectivity index (χ2n) is 5.32. The van der Waals surface area contributed by atoms with Crippen LogP contribution >= 0.6 is 0 Å². The second kappa shape index (κ2) is 5.36. The lowest BCUT2D eigenvalue weighted by molar-refractivity contribution is -0.384. The lowest BCUT2D eigenvalue weighted by atomic mass is 9.83. The average molecular weight is 285 g/mol. The zero-order valence-corrected chi connectivity index (χ0v) is 11.7. The predicted molar refractivity (Wildman–Crippen MR) is 79.2 cm³/mol. The van der Waals surface area contributed by atoms with Gasteiger partial charge in [0.25, 0.3) is 5.69 Å². The second-order valence-corrected chi connectivity index (χ2v) is 5.32. The Morgan fingerprint density at radius 2 is 1.67 bits per heavy atom. The number of nitro benzene ring substituents is 1. The molecule has 0 aliphatic heterocycles. The minimum Gasteiger partial charge on any atom is -0.481 e. The van der Waals surface area contributed by atoms with Crippen LogP contribution in [0.15, 0.2) is 48.5 Å². The lowest BCUT2D eigenvalue weighted by Gasteiger charge is -2.20. The average Bonchev–Trinajstić information content (AvgIpc) is 2.47. The van der Waals surface area contributed by atoms with Crippen molar-refractivity contribution in [3.8, 4) is 11.1 Å². The van der Waals surface area contributed by atoms with Crippen LogP contribution in [-0.2, 0) is 10.2 Å². The summed E-state index contributed by atoms with van der Waals surface area (Å²) in [5, 5.41) is 20.1. The molecule has 108 valence electrons. The Hall–Kier alpha value is -2.69. The highest BCUT2D eigenvalue weighted by Crippen LogP contribution is 2.29. The maximum atomic E-state index is 11.3. The van der Waals surface area contributed by atoms with Gasteiger partial charge in [0.05, 0.1) is 10.3 Å². The van der Waals surface area contributed by atoms with Gasteiger partial charge >= 0.3 is 5.97 Å². The highest BCUT2D eigenvalue weighted by Gasteiger charge is 2.29. The summed E-state index contributed by atoms with van der Waals surface area (Å²) in [7, 11) is 0. The van der Waals surface area contributed by atoms with E-state index in [-0.39, 0.29) is 5.69 Å². The molecule has 21 heavy (non-hydrogen) atoms. The summed E-state index contributed by atoms with van der Waals surface area (Å²) in [5.74, 6) is -0.918. The van der Waals surface area contributed by atoms with E-state index in [4.69, 9.17) is 0 Å². The van der Waals surface area contributed by atoms with Crippen LogP contribution in [0.2, 0.25) is 0 Å². The Kier molecular flexibility index (Phi) is 3.76. The number of carbonyl (C=O) groups is 1. The van der Waals surface area contributed by atoms with Crippen LogP contribution in [0.4, 0.5) is 5.69 Å². The summed E-state index contributed by atoms with van der Waals surface area (Å²) in [6, 6.07) is 13.3. The van der Waals surface area contributed by atoms with Gasteiger partial charge in [-0.2, -0.15) is 0 Å². The van der Waals surface area contributed by atoms with Crippen molar-refractivity contribution in [2.24, 2.45) is 0 Å². The number of nitrogens with zero attached hydrogens (tertiary/aromatic N) is 1. The molecule has 0 aliphatic rings. The molecule has 0 atom stereocenters. The number of benzene rings is 2. The maximum absolute atomic E-state index is 11.3. The third-order valence-corrected chi connectivity index (χ3v) is 3.51. The normalized spacial score (nSPS) is 11.1. The van der Waals surface area contributed by atoms with Gasteiger partial charge in [0.15, 0.2) is 0 Å².